The number of thiocarbonyl (C=S) groups is 1. The average molecular weight is 313 g/mol. The van der Waals surface area contributed by atoms with Crippen LogP contribution in [0, 0.1) is 11.6 Å². The summed E-state index contributed by atoms with van der Waals surface area (Å²) in [7, 11) is 0. The lowest BCUT2D eigenvalue weighted by Crippen LogP contribution is -2.53. The van der Waals surface area contributed by atoms with Crippen molar-refractivity contribution in [3.05, 3.63) is 35.4 Å². The fraction of sp³-hybridized carbons (Fsp3) is 0.533. The Balaban J connectivity index is 1.92. The van der Waals surface area contributed by atoms with Crippen LogP contribution in [0.25, 0.3) is 0 Å². The van der Waals surface area contributed by atoms with E-state index in [0.717, 1.165) is 38.7 Å². The zero-order chi connectivity index (χ0) is 15.4. The van der Waals surface area contributed by atoms with E-state index in [1.54, 1.807) is 12.1 Å². The highest BCUT2D eigenvalue weighted by atomic mass is 32.1. The maximum Gasteiger partial charge on any atom is 0.163 e. The van der Waals surface area contributed by atoms with Crippen molar-refractivity contribution in [2.24, 2.45) is 5.73 Å². The Morgan fingerprint density at radius 1 is 1.29 bits per heavy atom. The van der Waals surface area contributed by atoms with Crippen LogP contribution in [0.3, 0.4) is 0 Å². The number of halogens is 2. The molecule has 0 aromatic heterocycles. The van der Waals surface area contributed by atoms with E-state index in [2.05, 4.69) is 16.7 Å². The van der Waals surface area contributed by atoms with Gasteiger partial charge in [0.25, 0.3) is 0 Å². The largest absolute Gasteiger partial charge is 0.392 e. The first-order valence-corrected chi connectivity index (χ1v) is 7.62. The van der Waals surface area contributed by atoms with Gasteiger partial charge < -0.3 is 5.73 Å². The van der Waals surface area contributed by atoms with Gasteiger partial charge in [-0.1, -0.05) is 31.3 Å². The predicted molar refractivity (Wildman–Crippen MR) is 84.1 cm³/mol. The molecule has 1 aromatic rings. The highest BCUT2D eigenvalue weighted by molar-refractivity contribution is 7.80. The van der Waals surface area contributed by atoms with E-state index >= 15 is 0 Å². The molecule has 1 aliphatic heterocycles. The zero-order valence-electron chi connectivity index (χ0n) is 12.2. The third kappa shape index (κ3) is 3.96. The smallest absolute Gasteiger partial charge is 0.163 e. The van der Waals surface area contributed by atoms with Crippen molar-refractivity contribution in [3.8, 4) is 0 Å². The summed E-state index contributed by atoms with van der Waals surface area (Å²) in [5.74, 6) is -1.53. The van der Waals surface area contributed by atoms with Crippen LogP contribution in [0.4, 0.5) is 8.78 Å². The molecule has 21 heavy (non-hydrogen) atoms. The molecule has 0 saturated carbocycles. The second kappa shape index (κ2) is 7.24. The second-order valence-corrected chi connectivity index (χ2v) is 5.82. The van der Waals surface area contributed by atoms with Crippen molar-refractivity contribution < 1.29 is 8.78 Å². The molecule has 2 rings (SSSR count). The number of hydrogen-bond donors (Lipinski definition) is 1. The van der Waals surface area contributed by atoms with Crippen LogP contribution in [0.1, 0.15) is 18.9 Å². The maximum absolute atomic E-state index is 13.7. The molecule has 1 saturated heterocycles. The molecule has 3 nitrogen and oxygen atoms in total. The van der Waals surface area contributed by atoms with E-state index in [1.807, 2.05) is 0 Å². The van der Waals surface area contributed by atoms with Crippen molar-refractivity contribution >= 4 is 17.2 Å². The van der Waals surface area contributed by atoms with Gasteiger partial charge >= 0.3 is 0 Å². The molecular weight excluding hydrogens is 292 g/mol. The minimum absolute atomic E-state index is 0.132. The maximum atomic E-state index is 13.7. The Morgan fingerprint density at radius 3 is 2.52 bits per heavy atom. The minimum atomic E-state index is -0.786. The minimum Gasteiger partial charge on any atom is -0.392 e. The summed E-state index contributed by atoms with van der Waals surface area (Å²) in [6.07, 6.45) is 0.897. The van der Waals surface area contributed by atoms with Crippen LogP contribution in [-0.2, 0) is 6.54 Å². The summed E-state index contributed by atoms with van der Waals surface area (Å²) in [5, 5.41) is 0. The number of piperazine rings is 1. The number of benzene rings is 1. The molecule has 1 aromatic carbocycles. The number of nitrogens with two attached hydrogens (primary N) is 1. The van der Waals surface area contributed by atoms with Gasteiger partial charge in [0.2, 0.25) is 0 Å². The van der Waals surface area contributed by atoms with E-state index in [1.165, 1.54) is 0 Å². The summed E-state index contributed by atoms with van der Waals surface area (Å²) in [4.78, 5) is 4.92. The Bertz CT molecular complexity index is 502. The number of nitrogens with zero attached hydrogens (tertiary/aromatic N) is 2. The molecule has 116 valence electrons. The molecule has 1 unspecified atom stereocenters. The zero-order valence-corrected chi connectivity index (χ0v) is 13.0. The molecule has 2 N–H and O–H groups in total. The fourth-order valence-corrected chi connectivity index (χ4v) is 3.10. The van der Waals surface area contributed by atoms with Crippen LogP contribution >= 0.6 is 12.2 Å². The van der Waals surface area contributed by atoms with Crippen LogP contribution in [0.2, 0.25) is 0 Å². The molecule has 0 bridgehead atoms. The monoisotopic (exact) mass is 313 g/mol. The number of hydrogen-bond acceptors (Lipinski definition) is 3. The summed E-state index contributed by atoms with van der Waals surface area (Å²) in [6, 6.07) is 4.46. The molecule has 1 fully saturated rings. The molecule has 1 atom stereocenters. The third-order valence-corrected chi connectivity index (χ3v) is 4.26. The molecule has 0 amide bonds. The van der Waals surface area contributed by atoms with Crippen LogP contribution in [-0.4, -0.2) is 47.0 Å². The molecule has 0 spiro atoms. The first-order chi connectivity index (χ1) is 10.0. The van der Waals surface area contributed by atoms with Gasteiger partial charge in [0.05, 0.1) is 11.0 Å². The summed E-state index contributed by atoms with van der Waals surface area (Å²) >= 11 is 5.09. The van der Waals surface area contributed by atoms with Gasteiger partial charge in [0, 0.05) is 38.3 Å². The normalized spacial score (nSPS) is 18.6. The predicted octanol–water partition coefficient (Wildman–Crippen LogP) is 2.15. The van der Waals surface area contributed by atoms with E-state index in [0.29, 0.717) is 17.1 Å². The topological polar surface area (TPSA) is 32.5 Å². The van der Waals surface area contributed by atoms with Crippen LogP contribution in [0.15, 0.2) is 18.2 Å². The standard InChI is InChI=1S/C15H21F2N3S/c1-2-13(15(18)21)20-8-6-19(7-9-20)10-11-4-3-5-12(16)14(11)17/h3-5,13H,2,6-10H2,1H3,(H2,18,21). The lowest BCUT2D eigenvalue weighted by atomic mass is 10.1. The summed E-state index contributed by atoms with van der Waals surface area (Å²) in [6.45, 7) is 5.78. The highest BCUT2D eigenvalue weighted by Gasteiger charge is 2.24. The lowest BCUT2D eigenvalue weighted by Gasteiger charge is -2.38. The molecule has 0 radical (unpaired) electrons. The Morgan fingerprint density at radius 2 is 1.95 bits per heavy atom. The molecule has 6 heteroatoms. The molecule has 1 heterocycles. The van der Waals surface area contributed by atoms with Crippen LogP contribution in [0.5, 0.6) is 0 Å². The van der Waals surface area contributed by atoms with Crippen molar-refractivity contribution in [2.75, 3.05) is 26.2 Å². The van der Waals surface area contributed by atoms with Gasteiger partial charge in [-0.3, -0.25) is 9.80 Å². The van der Waals surface area contributed by atoms with Crippen molar-refractivity contribution in [2.45, 2.75) is 25.9 Å². The van der Waals surface area contributed by atoms with Crippen molar-refractivity contribution in [3.63, 3.8) is 0 Å². The summed E-state index contributed by atoms with van der Waals surface area (Å²) in [5.41, 5.74) is 6.16. The summed E-state index contributed by atoms with van der Waals surface area (Å²) < 4.78 is 26.9. The van der Waals surface area contributed by atoms with E-state index in [4.69, 9.17) is 18.0 Å². The molecular formula is C15H21F2N3S. The van der Waals surface area contributed by atoms with Gasteiger partial charge in [0.1, 0.15) is 0 Å². The highest BCUT2D eigenvalue weighted by Crippen LogP contribution is 2.16. The van der Waals surface area contributed by atoms with Gasteiger partial charge in [0.15, 0.2) is 11.6 Å². The fourth-order valence-electron chi connectivity index (χ4n) is 2.78. The molecule has 0 aliphatic carbocycles. The van der Waals surface area contributed by atoms with Gasteiger partial charge in [-0.15, -0.1) is 0 Å². The van der Waals surface area contributed by atoms with Gasteiger partial charge in [-0.25, -0.2) is 8.78 Å². The average Bonchev–Trinajstić information content (AvgIpc) is 2.46. The number of rotatable bonds is 5. The quantitative estimate of drug-likeness (QED) is 0.844. The van der Waals surface area contributed by atoms with Gasteiger partial charge in [-0.2, -0.15) is 0 Å². The van der Waals surface area contributed by atoms with E-state index in [-0.39, 0.29) is 6.04 Å². The first kappa shape index (κ1) is 16.3. The third-order valence-electron chi connectivity index (χ3n) is 3.99. The molecule has 1 aliphatic rings. The lowest BCUT2D eigenvalue weighted by molar-refractivity contribution is 0.111. The van der Waals surface area contributed by atoms with E-state index in [9.17, 15) is 8.78 Å². The SMILES string of the molecule is CCC(C(N)=S)N1CCN(Cc2cccc(F)c2F)CC1. The Hall–Kier alpha value is -1.11. The Labute approximate surface area is 129 Å². The van der Waals surface area contributed by atoms with Crippen molar-refractivity contribution in [1.29, 1.82) is 0 Å². The second-order valence-electron chi connectivity index (χ2n) is 5.35. The van der Waals surface area contributed by atoms with Gasteiger partial charge in [-0.05, 0) is 12.5 Å². The van der Waals surface area contributed by atoms with Crippen LogP contribution < -0.4 is 5.73 Å². The first-order valence-electron chi connectivity index (χ1n) is 7.21. The van der Waals surface area contributed by atoms with E-state index < -0.39 is 11.6 Å². The van der Waals surface area contributed by atoms with Crippen molar-refractivity contribution in [1.82, 2.24) is 9.80 Å². The Kier molecular flexibility index (Phi) is 5.61.